The van der Waals surface area contributed by atoms with Gasteiger partial charge in [0.15, 0.2) is 0 Å². The summed E-state index contributed by atoms with van der Waals surface area (Å²) >= 11 is 3.70. The van der Waals surface area contributed by atoms with E-state index in [1.54, 1.807) is 0 Å². The maximum absolute atomic E-state index is 2.27. The highest BCUT2D eigenvalue weighted by molar-refractivity contribution is 7.21. The van der Waals surface area contributed by atoms with Crippen molar-refractivity contribution < 1.29 is 0 Å². The van der Waals surface area contributed by atoms with E-state index in [2.05, 4.69) is 72.1 Å². The smallest absolute Gasteiger partial charge is 0.0449 e. The van der Waals surface area contributed by atoms with Gasteiger partial charge in [0.25, 0.3) is 0 Å². The SMILES string of the molecule is C1=C(c2ccccc2)CC(c2ccc(-c3cccs3)s2)=C1. The van der Waals surface area contributed by atoms with Crippen LogP contribution in [0.25, 0.3) is 20.9 Å². The Morgan fingerprint density at radius 2 is 1.48 bits per heavy atom. The van der Waals surface area contributed by atoms with Gasteiger partial charge in [-0.25, -0.2) is 0 Å². The zero-order valence-corrected chi connectivity index (χ0v) is 13.1. The minimum absolute atomic E-state index is 1.04. The lowest BCUT2D eigenvalue weighted by Crippen LogP contribution is -1.81. The van der Waals surface area contributed by atoms with Crippen molar-refractivity contribution in [3.8, 4) is 9.75 Å². The van der Waals surface area contributed by atoms with Crippen LogP contribution in [-0.2, 0) is 0 Å². The monoisotopic (exact) mass is 306 g/mol. The Balaban J connectivity index is 1.55. The Labute approximate surface area is 132 Å². The molecule has 1 aliphatic carbocycles. The Kier molecular flexibility index (Phi) is 3.34. The third-order valence-electron chi connectivity index (χ3n) is 3.70. The number of hydrogen-bond acceptors (Lipinski definition) is 2. The van der Waals surface area contributed by atoms with Crippen LogP contribution in [0.2, 0.25) is 0 Å². The van der Waals surface area contributed by atoms with Gasteiger partial charge < -0.3 is 0 Å². The molecule has 0 amide bonds. The van der Waals surface area contributed by atoms with Gasteiger partial charge in [-0.3, -0.25) is 0 Å². The van der Waals surface area contributed by atoms with Crippen LogP contribution in [0.4, 0.5) is 0 Å². The normalized spacial score (nSPS) is 14.1. The quantitative estimate of drug-likeness (QED) is 0.529. The second kappa shape index (κ2) is 5.47. The molecule has 21 heavy (non-hydrogen) atoms. The summed E-state index contributed by atoms with van der Waals surface area (Å²) in [5, 5.41) is 2.14. The molecule has 0 N–H and O–H groups in total. The van der Waals surface area contributed by atoms with Crippen molar-refractivity contribution in [2.45, 2.75) is 6.42 Å². The van der Waals surface area contributed by atoms with Gasteiger partial charge >= 0.3 is 0 Å². The van der Waals surface area contributed by atoms with Crippen molar-refractivity contribution in [3.05, 3.63) is 82.6 Å². The zero-order chi connectivity index (χ0) is 14.1. The topological polar surface area (TPSA) is 0 Å². The van der Waals surface area contributed by atoms with Crippen LogP contribution in [0.3, 0.4) is 0 Å². The fourth-order valence-electron chi connectivity index (χ4n) is 2.61. The van der Waals surface area contributed by atoms with Crippen LogP contribution in [0.15, 0.2) is 72.1 Å². The molecule has 2 heteroatoms. The molecule has 0 fully saturated rings. The molecule has 0 radical (unpaired) electrons. The highest BCUT2D eigenvalue weighted by Crippen LogP contribution is 2.39. The summed E-state index contributed by atoms with van der Waals surface area (Å²) in [5.74, 6) is 0. The lowest BCUT2D eigenvalue weighted by molar-refractivity contribution is 1.45. The third-order valence-corrected chi connectivity index (χ3v) is 5.92. The largest absolute Gasteiger partial charge is 0.143 e. The average molecular weight is 306 g/mol. The molecule has 4 rings (SSSR count). The minimum Gasteiger partial charge on any atom is -0.143 e. The molecular weight excluding hydrogens is 292 g/mol. The molecule has 0 aliphatic heterocycles. The van der Waals surface area contributed by atoms with Crippen LogP contribution in [-0.4, -0.2) is 0 Å². The van der Waals surface area contributed by atoms with E-state index in [0.29, 0.717) is 0 Å². The van der Waals surface area contributed by atoms with Crippen molar-refractivity contribution >= 4 is 33.8 Å². The first-order valence-corrected chi connectivity index (χ1v) is 8.69. The van der Waals surface area contributed by atoms with Gasteiger partial charge in [-0.2, -0.15) is 0 Å². The molecule has 0 saturated heterocycles. The Morgan fingerprint density at radius 1 is 0.667 bits per heavy atom. The maximum Gasteiger partial charge on any atom is 0.0449 e. The van der Waals surface area contributed by atoms with Crippen LogP contribution in [0.5, 0.6) is 0 Å². The van der Waals surface area contributed by atoms with Gasteiger partial charge in [0, 0.05) is 14.6 Å². The summed E-state index contributed by atoms with van der Waals surface area (Å²) in [5.41, 5.74) is 4.18. The zero-order valence-electron chi connectivity index (χ0n) is 11.5. The molecule has 102 valence electrons. The van der Waals surface area contributed by atoms with Crippen LogP contribution >= 0.6 is 22.7 Å². The molecule has 0 nitrogen and oxygen atoms in total. The van der Waals surface area contributed by atoms with E-state index in [4.69, 9.17) is 0 Å². The van der Waals surface area contributed by atoms with Gasteiger partial charge in [-0.05, 0) is 46.7 Å². The van der Waals surface area contributed by atoms with Crippen LogP contribution in [0, 0.1) is 0 Å². The number of allylic oxidation sites excluding steroid dienone is 4. The minimum atomic E-state index is 1.04. The first-order valence-electron chi connectivity index (χ1n) is 6.99. The molecule has 0 spiro atoms. The van der Waals surface area contributed by atoms with E-state index < -0.39 is 0 Å². The predicted octanol–water partition coefficient (Wildman–Crippen LogP) is 6.35. The van der Waals surface area contributed by atoms with E-state index in [0.717, 1.165) is 6.42 Å². The predicted molar refractivity (Wildman–Crippen MR) is 94.6 cm³/mol. The van der Waals surface area contributed by atoms with E-state index in [9.17, 15) is 0 Å². The summed E-state index contributed by atoms with van der Waals surface area (Å²) in [4.78, 5) is 4.12. The number of hydrogen-bond donors (Lipinski definition) is 0. The van der Waals surface area contributed by atoms with Gasteiger partial charge in [0.05, 0.1) is 0 Å². The molecule has 1 aliphatic rings. The fourth-order valence-corrected chi connectivity index (χ4v) is 4.47. The molecule has 0 saturated carbocycles. The summed E-state index contributed by atoms with van der Waals surface area (Å²) in [6.45, 7) is 0. The highest BCUT2D eigenvalue weighted by atomic mass is 32.1. The molecule has 0 unspecified atom stereocenters. The van der Waals surface area contributed by atoms with Crippen molar-refractivity contribution in [1.82, 2.24) is 0 Å². The van der Waals surface area contributed by atoms with Crippen LogP contribution in [0.1, 0.15) is 16.9 Å². The Bertz CT molecular complexity index is 802. The fraction of sp³-hybridized carbons (Fsp3) is 0.0526. The lowest BCUT2D eigenvalue weighted by Gasteiger charge is -2.04. The van der Waals surface area contributed by atoms with E-state index in [1.165, 1.54) is 31.3 Å². The van der Waals surface area contributed by atoms with Crippen molar-refractivity contribution in [2.75, 3.05) is 0 Å². The first-order chi connectivity index (χ1) is 10.4. The van der Waals surface area contributed by atoms with Gasteiger partial charge in [-0.15, -0.1) is 22.7 Å². The van der Waals surface area contributed by atoms with Crippen molar-refractivity contribution in [1.29, 1.82) is 0 Å². The Morgan fingerprint density at radius 3 is 2.29 bits per heavy atom. The summed E-state index contributed by atoms with van der Waals surface area (Å²) in [6, 6.07) is 19.5. The van der Waals surface area contributed by atoms with Crippen LogP contribution < -0.4 is 0 Å². The standard InChI is InChI=1S/C19H14S2/c1-2-5-14(6-3-1)15-8-9-16(13-15)17-10-11-19(21-17)18-7-4-12-20-18/h1-12H,13H2. The van der Waals surface area contributed by atoms with Gasteiger partial charge in [0.2, 0.25) is 0 Å². The molecule has 3 aromatic rings. The highest BCUT2D eigenvalue weighted by Gasteiger charge is 2.14. The summed E-state index contributed by atoms with van der Waals surface area (Å²) < 4.78 is 0. The van der Waals surface area contributed by atoms with Gasteiger partial charge in [-0.1, -0.05) is 48.6 Å². The molecule has 2 heterocycles. The van der Waals surface area contributed by atoms with E-state index in [1.807, 2.05) is 22.7 Å². The van der Waals surface area contributed by atoms with E-state index in [-0.39, 0.29) is 0 Å². The first kappa shape index (κ1) is 12.8. The Hall–Kier alpha value is -1.90. The van der Waals surface area contributed by atoms with Gasteiger partial charge in [0.1, 0.15) is 0 Å². The average Bonchev–Trinajstić information content (AvgIpc) is 3.27. The summed E-state index contributed by atoms with van der Waals surface area (Å²) in [6.07, 6.45) is 5.57. The maximum atomic E-state index is 2.27. The third kappa shape index (κ3) is 2.53. The number of thiophene rings is 2. The number of benzene rings is 1. The molecular formula is C19H14S2. The second-order valence-electron chi connectivity index (χ2n) is 5.07. The van der Waals surface area contributed by atoms with E-state index >= 15 is 0 Å². The molecule has 0 bridgehead atoms. The number of rotatable bonds is 3. The van der Waals surface area contributed by atoms with Crippen molar-refractivity contribution in [3.63, 3.8) is 0 Å². The second-order valence-corrected chi connectivity index (χ2v) is 7.10. The lowest BCUT2D eigenvalue weighted by atomic mass is 10.0. The molecule has 2 aromatic heterocycles. The molecule has 0 atom stereocenters. The molecule has 1 aromatic carbocycles. The van der Waals surface area contributed by atoms with Crippen molar-refractivity contribution in [2.24, 2.45) is 0 Å². The summed E-state index contributed by atoms with van der Waals surface area (Å²) in [7, 11) is 0.